The highest BCUT2D eigenvalue weighted by Crippen LogP contribution is 2.26. The van der Waals surface area contributed by atoms with Crippen molar-refractivity contribution in [3.8, 4) is 0 Å². The van der Waals surface area contributed by atoms with Crippen LogP contribution in [0.5, 0.6) is 0 Å². The zero-order chi connectivity index (χ0) is 13.8. The van der Waals surface area contributed by atoms with E-state index in [-0.39, 0.29) is 6.54 Å². The number of nitrogens with zero attached hydrogens (tertiary/aromatic N) is 1. The van der Waals surface area contributed by atoms with Gasteiger partial charge in [0, 0.05) is 6.54 Å². The number of carbonyl (C=O) groups is 1. The molecule has 0 aliphatic rings. The van der Waals surface area contributed by atoms with E-state index in [1.54, 1.807) is 37.3 Å². The lowest BCUT2D eigenvalue weighted by atomic mass is 10.1. The molecule has 0 aliphatic carbocycles. The van der Waals surface area contributed by atoms with E-state index in [4.69, 9.17) is 0 Å². The summed E-state index contributed by atoms with van der Waals surface area (Å²) in [4.78, 5) is 12.1. The molecule has 1 amide bonds. The van der Waals surface area contributed by atoms with Gasteiger partial charge in [-0.2, -0.15) is 13.2 Å². The van der Waals surface area contributed by atoms with Crippen molar-refractivity contribution in [2.24, 2.45) is 0 Å². The SMILES string of the molecule is C=CCN(C(=O)C(F)(F)F)C(C)c1ccccc1. The molecule has 0 bridgehead atoms. The van der Waals surface area contributed by atoms with Crippen molar-refractivity contribution in [2.45, 2.75) is 19.1 Å². The van der Waals surface area contributed by atoms with Crippen LogP contribution < -0.4 is 0 Å². The molecule has 0 saturated heterocycles. The lowest BCUT2D eigenvalue weighted by molar-refractivity contribution is -0.187. The Hall–Kier alpha value is -1.78. The van der Waals surface area contributed by atoms with Crippen molar-refractivity contribution in [1.82, 2.24) is 4.90 Å². The summed E-state index contributed by atoms with van der Waals surface area (Å²) in [5.41, 5.74) is 0.650. The van der Waals surface area contributed by atoms with Crippen LogP contribution in [0.3, 0.4) is 0 Å². The van der Waals surface area contributed by atoms with Gasteiger partial charge in [-0.05, 0) is 12.5 Å². The Labute approximate surface area is 104 Å². The normalized spacial score (nSPS) is 12.9. The van der Waals surface area contributed by atoms with E-state index in [2.05, 4.69) is 6.58 Å². The van der Waals surface area contributed by atoms with Crippen LogP contribution in [-0.2, 0) is 4.79 Å². The minimum absolute atomic E-state index is 0.144. The van der Waals surface area contributed by atoms with E-state index >= 15 is 0 Å². The van der Waals surface area contributed by atoms with Crippen molar-refractivity contribution >= 4 is 5.91 Å². The molecular weight excluding hydrogens is 243 g/mol. The minimum Gasteiger partial charge on any atom is -0.324 e. The monoisotopic (exact) mass is 257 g/mol. The molecule has 98 valence electrons. The van der Waals surface area contributed by atoms with Crippen LogP contribution in [-0.4, -0.2) is 23.5 Å². The maximum absolute atomic E-state index is 12.5. The predicted octanol–water partition coefficient (Wildman–Crippen LogP) is 3.32. The average molecular weight is 257 g/mol. The van der Waals surface area contributed by atoms with Gasteiger partial charge < -0.3 is 4.90 Å². The fourth-order valence-corrected chi connectivity index (χ4v) is 1.63. The Morgan fingerprint density at radius 2 is 1.94 bits per heavy atom. The number of hydrogen-bond donors (Lipinski definition) is 0. The largest absolute Gasteiger partial charge is 0.471 e. The highest BCUT2D eigenvalue weighted by atomic mass is 19.4. The van der Waals surface area contributed by atoms with Crippen LogP contribution in [0, 0.1) is 0 Å². The summed E-state index contributed by atoms with van der Waals surface area (Å²) in [5, 5.41) is 0. The third-order valence-electron chi connectivity index (χ3n) is 2.58. The molecule has 0 fully saturated rings. The van der Waals surface area contributed by atoms with E-state index in [9.17, 15) is 18.0 Å². The standard InChI is InChI=1S/C13H14F3NO/c1-3-9-17(12(18)13(14,15)16)10(2)11-7-5-4-6-8-11/h3-8,10H,1,9H2,2H3. The van der Waals surface area contributed by atoms with E-state index in [1.165, 1.54) is 6.08 Å². The molecule has 5 heteroatoms. The van der Waals surface area contributed by atoms with E-state index in [1.807, 2.05) is 0 Å². The summed E-state index contributed by atoms with van der Waals surface area (Å²) >= 11 is 0. The van der Waals surface area contributed by atoms with Gasteiger partial charge in [-0.1, -0.05) is 36.4 Å². The van der Waals surface area contributed by atoms with Crippen molar-refractivity contribution in [1.29, 1.82) is 0 Å². The average Bonchev–Trinajstić information content (AvgIpc) is 2.34. The summed E-state index contributed by atoms with van der Waals surface area (Å²) in [6.45, 7) is 4.79. The topological polar surface area (TPSA) is 20.3 Å². The van der Waals surface area contributed by atoms with Gasteiger partial charge >= 0.3 is 12.1 Å². The maximum Gasteiger partial charge on any atom is 0.471 e. The van der Waals surface area contributed by atoms with E-state index in [0.29, 0.717) is 5.56 Å². The quantitative estimate of drug-likeness (QED) is 0.758. The van der Waals surface area contributed by atoms with Gasteiger partial charge in [0.05, 0.1) is 6.04 Å². The summed E-state index contributed by atoms with van der Waals surface area (Å²) in [7, 11) is 0. The van der Waals surface area contributed by atoms with Gasteiger partial charge in [0.25, 0.3) is 0 Å². The lowest BCUT2D eigenvalue weighted by Gasteiger charge is -2.29. The summed E-state index contributed by atoms with van der Waals surface area (Å²) in [6.07, 6.45) is -3.59. The van der Waals surface area contributed by atoms with E-state index < -0.39 is 18.1 Å². The summed E-state index contributed by atoms with van der Waals surface area (Å²) < 4.78 is 37.4. The number of rotatable bonds is 4. The molecule has 1 unspecified atom stereocenters. The molecule has 2 nitrogen and oxygen atoms in total. The van der Waals surface area contributed by atoms with Crippen LogP contribution in [0.15, 0.2) is 43.0 Å². The number of amides is 1. The molecule has 0 aliphatic heterocycles. The second kappa shape index (κ2) is 5.71. The zero-order valence-corrected chi connectivity index (χ0v) is 9.95. The van der Waals surface area contributed by atoms with Crippen LogP contribution in [0.1, 0.15) is 18.5 Å². The van der Waals surface area contributed by atoms with Crippen molar-refractivity contribution in [3.63, 3.8) is 0 Å². The van der Waals surface area contributed by atoms with Gasteiger partial charge in [-0.3, -0.25) is 4.79 Å². The molecule has 1 rings (SSSR count). The van der Waals surface area contributed by atoms with Crippen molar-refractivity contribution in [3.05, 3.63) is 48.6 Å². The first-order valence-corrected chi connectivity index (χ1v) is 5.41. The second-order valence-electron chi connectivity index (χ2n) is 3.83. The first-order valence-electron chi connectivity index (χ1n) is 5.41. The molecule has 0 heterocycles. The highest BCUT2D eigenvalue weighted by Gasteiger charge is 2.43. The van der Waals surface area contributed by atoms with Crippen LogP contribution in [0.2, 0.25) is 0 Å². The number of benzene rings is 1. The molecular formula is C13H14F3NO. The summed E-state index contributed by atoms with van der Waals surface area (Å²) in [6, 6.07) is 7.92. The fraction of sp³-hybridized carbons (Fsp3) is 0.308. The molecule has 18 heavy (non-hydrogen) atoms. The minimum atomic E-state index is -4.87. The molecule has 0 radical (unpaired) electrons. The van der Waals surface area contributed by atoms with Crippen molar-refractivity contribution in [2.75, 3.05) is 6.54 Å². The maximum atomic E-state index is 12.5. The molecule has 1 aromatic carbocycles. The van der Waals surface area contributed by atoms with E-state index in [0.717, 1.165) is 4.90 Å². The molecule has 0 spiro atoms. The van der Waals surface area contributed by atoms with Crippen LogP contribution in [0.25, 0.3) is 0 Å². The number of alkyl halides is 3. The fourth-order valence-electron chi connectivity index (χ4n) is 1.63. The van der Waals surface area contributed by atoms with Crippen molar-refractivity contribution < 1.29 is 18.0 Å². The Balaban J connectivity index is 2.99. The van der Waals surface area contributed by atoms with Gasteiger partial charge in [-0.15, -0.1) is 6.58 Å². The number of hydrogen-bond acceptors (Lipinski definition) is 1. The molecule has 0 saturated carbocycles. The Kier molecular flexibility index (Phi) is 4.53. The Morgan fingerprint density at radius 1 is 1.39 bits per heavy atom. The first-order chi connectivity index (χ1) is 8.38. The summed E-state index contributed by atoms with van der Waals surface area (Å²) in [5.74, 6) is -1.85. The third kappa shape index (κ3) is 3.35. The second-order valence-corrected chi connectivity index (χ2v) is 3.83. The molecule has 0 aromatic heterocycles. The lowest BCUT2D eigenvalue weighted by Crippen LogP contribution is -2.42. The third-order valence-corrected chi connectivity index (χ3v) is 2.58. The van der Waals surface area contributed by atoms with Gasteiger partial charge in [0.1, 0.15) is 0 Å². The molecule has 0 N–H and O–H groups in total. The Bertz CT molecular complexity index is 414. The first kappa shape index (κ1) is 14.3. The number of halogens is 3. The van der Waals surface area contributed by atoms with Crippen LogP contribution >= 0.6 is 0 Å². The number of carbonyl (C=O) groups excluding carboxylic acids is 1. The van der Waals surface area contributed by atoms with Gasteiger partial charge in [-0.25, -0.2) is 0 Å². The molecule has 1 atom stereocenters. The Morgan fingerprint density at radius 3 is 2.39 bits per heavy atom. The van der Waals surface area contributed by atoms with Gasteiger partial charge in [0.15, 0.2) is 0 Å². The predicted molar refractivity (Wildman–Crippen MR) is 62.8 cm³/mol. The van der Waals surface area contributed by atoms with Crippen LogP contribution in [0.4, 0.5) is 13.2 Å². The van der Waals surface area contributed by atoms with Gasteiger partial charge in [0.2, 0.25) is 0 Å². The molecule has 1 aromatic rings. The highest BCUT2D eigenvalue weighted by molar-refractivity contribution is 5.82. The smallest absolute Gasteiger partial charge is 0.324 e. The zero-order valence-electron chi connectivity index (χ0n) is 9.95.